The summed E-state index contributed by atoms with van der Waals surface area (Å²) in [5.74, 6) is 6.65. The van der Waals surface area contributed by atoms with Crippen molar-refractivity contribution in [3.63, 3.8) is 0 Å². The summed E-state index contributed by atoms with van der Waals surface area (Å²) in [7, 11) is 1.88. The highest BCUT2D eigenvalue weighted by molar-refractivity contribution is 5.07. The first-order valence-electron chi connectivity index (χ1n) is 14.2. The Bertz CT molecular complexity index is 555. The molecule has 3 fully saturated rings. The Morgan fingerprint density at radius 3 is 2.26 bits per heavy atom. The molecule has 3 aliphatic carbocycles. The molecule has 0 bridgehead atoms. The molecule has 1 heteroatoms. The van der Waals surface area contributed by atoms with Crippen molar-refractivity contribution in [2.24, 2.45) is 52.3 Å². The minimum Gasteiger partial charge on any atom is -0.382 e. The first-order chi connectivity index (χ1) is 14.7. The molecule has 3 rings (SSSR count). The van der Waals surface area contributed by atoms with Crippen LogP contribution in [0, 0.1) is 52.3 Å². The Kier molecular flexibility index (Phi) is 8.65. The molecule has 0 spiro atoms. The van der Waals surface area contributed by atoms with Crippen LogP contribution in [-0.2, 0) is 4.74 Å². The minimum absolute atomic E-state index is 0.417. The summed E-state index contributed by atoms with van der Waals surface area (Å²) in [4.78, 5) is 0. The van der Waals surface area contributed by atoms with E-state index < -0.39 is 0 Å². The molecule has 0 radical (unpaired) electrons. The number of hydrogen-bond donors (Lipinski definition) is 0. The summed E-state index contributed by atoms with van der Waals surface area (Å²) in [6, 6.07) is 0. The molecule has 31 heavy (non-hydrogen) atoms. The Hall–Kier alpha value is -0.0400. The van der Waals surface area contributed by atoms with E-state index in [0.717, 1.165) is 41.4 Å². The average molecular weight is 433 g/mol. The van der Waals surface area contributed by atoms with E-state index in [1.807, 2.05) is 7.11 Å². The van der Waals surface area contributed by atoms with Gasteiger partial charge in [0.05, 0.1) is 6.10 Å². The van der Waals surface area contributed by atoms with Gasteiger partial charge >= 0.3 is 0 Å². The van der Waals surface area contributed by atoms with Crippen LogP contribution in [-0.4, -0.2) is 13.2 Å². The largest absolute Gasteiger partial charge is 0.382 e. The highest BCUT2D eigenvalue weighted by Gasteiger charge is 2.58. The average Bonchev–Trinajstić information content (AvgIpc) is 3.10. The molecule has 0 N–H and O–H groups in total. The molecular formula is C30H56O. The zero-order valence-electron chi connectivity index (χ0n) is 22.5. The minimum atomic E-state index is 0.417. The molecule has 0 aliphatic heterocycles. The number of methoxy groups -OCH3 is 1. The molecule has 0 heterocycles. The number of fused-ring (bicyclic) bond motifs is 3. The van der Waals surface area contributed by atoms with Crippen molar-refractivity contribution in [1.82, 2.24) is 0 Å². The highest BCUT2D eigenvalue weighted by atomic mass is 16.5. The topological polar surface area (TPSA) is 9.23 Å². The number of ether oxygens (including phenoxy) is 1. The van der Waals surface area contributed by atoms with Gasteiger partial charge in [-0.2, -0.15) is 0 Å². The van der Waals surface area contributed by atoms with Gasteiger partial charge in [0.2, 0.25) is 0 Å². The quantitative estimate of drug-likeness (QED) is 0.334. The zero-order chi connectivity index (χ0) is 22.8. The van der Waals surface area contributed by atoms with E-state index in [2.05, 4.69) is 48.5 Å². The van der Waals surface area contributed by atoms with Crippen LogP contribution in [0.5, 0.6) is 0 Å². The van der Waals surface area contributed by atoms with Gasteiger partial charge in [-0.05, 0) is 117 Å². The highest BCUT2D eigenvalue weighted by Crippen LogP contribution is 2.66. The molecule has 0 aromatic carbocycles. The fraction of sp³-hybridized carbons (Fsp3) is 1.00. The van der Waals surface area contributed by atoms with Gasteiger partial charge in [0.25, 0.3) is 0 Å². The Morgan fingerprint density at radius 2 is 1.61 bits per heavy atom. The normalized spacial score (nSPS) is 40.9. The second-order valence-corrected chi connectivity index (χ2v) is 13.2. The molecule has 0 amide bonds. The van der Waals surface area contributed by atoms with Gasteiger partial charge in [-0.3, -0.25) is 0 Å². The molecule has 8 unspecified atom stereocenters. The van der Waals surface area contributed by atoms with E-state index in [4.69, 9.17) is 4.74 Å². The predicted octanol–water partition coefficient (Wildman–Crippen LogP) is 9.15. The van der Waals surface area contributed by atoms with Gasteiger partial charge in [0.1, 0.15) is 0 Å². The molecule has 0 aromatic heterocycles. The second kappa shape index (κ2) is 10.5. The van der Waals surface area contributed by atoms with Crippen LogP contribution >= 0.6 is 0 Å². The van der Waals surface area contributed by atoms with E-state index >= 15 is 0 Å². The molecule has 3 aliphatic rings. The second-order valence-electron chi connectivity index (χ2n) is 13.2. The number of rotatable bonds is 10. The summed E-state index contributed by atoms with van der Waals surface area (Å²) in [6.45, 7) is 17.5. The third-order valence-corrected chi connectivity index (χ3v) is 11.4. The lowest BCUT2D eigenvalue weighted by molar-refractivity contribution is -0.0809. The zero-order valence-corrected chi connectivity index (χ0v) is 22.5. The van der Waals surface area contributed by atoms with Crippen LogP contribution in [0.3, 0.4) is 0 Å². The SMILES string of the molecule is CCC(CC[C@@H](C)C1CCC2C3CCCC(C)(CCC(C)OC)C3CCC21C)C(C)C. The van der Waals surface area contributed by atoms with Crippen LogP contribution < -0.4 is 0 Å². The lowest BCUT2D eigenvalue weighted by Gasteiger charge is -2.57. The van der Waals surface area contributed by atoms with Crippen molar-refractivity contribution >= 4 is 0 Å². The van der Waals surface area contributed by atoms with Crippen molar-refractivity contribution in [1.29, 1.82) is 0 Å². The maximum Gasteiger partial charge on any atom is 0.0543 e. The first-order valence-corrected chi connectivity index (χ1v) is 14.2. The molecule has 0 aromatic rings. The standard InChI is InChI=1S/C30H56O/c1-9-24(21(2)3)13-12-22(4)26-14-15-28-25-11-10-18-29(6,19-16-23(5)31-8)27(25)17-20-30(26,28)7/h21-28H,9-20H2,1-8H3/t22-,23?,24?,25?,26?,27?,28?,29?,30?/m1/s1. The maximum absolute atomic E-state index is 5.61. The van der Waals surface area contributed by atoms with Crippen LogP contribution in [0.15, 0.2) is 0 Å². The number of hydrogen-bond acceptors (Lipinski definition) is 1. The lowest BCUT2D eigenvalue weighted by atomic mass is 9.48. The van der Waals surface area contributed by atoms with E-state index in [1.54, 1.807) is 0 Å². The van der Waals surface area contributed by atoms with E-state index in [-0.39, 0.29) is 0 Å². The van der Waals surface area contributed by atoms with E-state index in [0.29, 0.717) is 16.9 Å². The van der Waals surface area contributed by atoms with Gasteiger partial charge in [-0.1, -0.05) is 60.8 Å². The fourth-order valence-electron chi connectivity index (χ4n) is 9.11. The summed E-state index contributed by atoms with van der Waals surface area (Å²) < 4.78 is 5.61. The lowest BCUT2D eigenvalue weighted by Crippen LogP contribution is -2.49. The third kappa shape index (κ3) is 5.22. The van der Waals surface area contributed by atoms with Gasteiger partial charge in [-0.25, -0.2) is 0 Å². The fourth-order valence-corrected chi connectivity index (χ4v) is 9.11. The molecule has 182 valence electrons. The van der Waals surface area contributed by atoms with Crippen LogP contribution in [0.4, 0.5) is 0 Å². The Balaban J connectivity index is 1.66. The Morgan fingerprint density at radius 1 is 0.871 bits per heavy atom. The van der Waals surface area contributed by atoms with Gasteiger partial charge in [0.15, 0.2) is 0 Å². The summed E-state index contributed by atoms with van der Waals surface area (Å²) in [6.07, 6.45) is 17.8. The van der Waals surface area contributed by atoms with Crippen LogP contribution in [0.25, 0.3) is 0 Å². The smallest absolute Gasteiger partial charge is 0.0543 e. The van der Waals surface area contributed by atoms with E-state index in [1.165, 1.54) is 77.0 Å². The van der Waals surface area contributed by atoms with Gasteiger partial charge in [0, 0.05) is 7.11 Å². The summed E-state index contributed by atoms with van der Waals surface area (Å²) in [5, 5.41) is 0. The summed E-state index contributed by atoms with van der Waals surface area (Å²) >= 11 is 0. The predicted molar refractivity (Wildman–Crippen MR) is 135 cm³/mol. The molecule has 0 saturated heterocycles. The molecule has 3 saturated carbocycles. The maximum atomic E-state index is 5.61. The summed E-state index contributed by atoms with van der Waals surface area (Å²) in [5.41, 5.74) is 1.19. The van der Waals surface area contributed by atoms with Crippen LogP contribution in [0.1, 0.15) is 126 Å². The molecule has 9 atom stereocenters. The van der Waals surface area contributed by atoms with Crippen molar-refractivity contribution in [3.8, 4) is 0 Å². The van der Waals surface area contributed by atoms with Crippen molar-refractivity contribution in [3.05, 3.63) is 0 Å². The monoisotopic (exact) mass is 432 g/mol. The van der Waals surface area contributed by atoms with Gasteiger partial charge < -0.3 is 4.74 Å². The third-order valence-electron chi connectivity index (χ3n) is 11.4. The van der Waals surface area contributed by atoms with Crippen molar-refractivity contribution < 1.29 is 4.74 Å². The van der Waals surface area contributed by atoms with Crippen molar-refractivity contribution in [2.75, 3.05) is 7.11 Å². The molecule has 1 nitrogen and oxygen atoms in total. The molecular weight excluding hydrogens is 376 g/mol. The van der Waals surface area contributed by atoms with Crippen molar-refractivity contribution in [2.45, 2.75) is 132 Å². The Labute approximate surface area is 195 Å². The van der Waals surface area contributed by atoms with E-state index in [9.17, 15) is 0 Å². The van der Waals surface area contributed by atoms with Gasteiger partial charge in [-0.15, -0.1) is 0 Å². The first kappa shape index (κ1) is 25.6. The van der Waals surface area contributed by atoms with Crippen LogP contribution in [0.2, 0.25) is 0 Å².